The van der Waals surface area contributed by atoms with Gasteiger partial charge in [-0.2, -0.15) is 0 Å². The minimum atomic E-state index is -0.767. The standard InChI is InChI=1S/C22H24N2O3/c25-20(16-18-9-5-2-6-10-18)21-23-19(15-17-7-3-1-4-8-17)22(27-21)24-11-13-26-14-12-24/h1-10,20,25H,11-16H2. The van der Waals surface area contributed by atoms with Crippen LogP contribution < -0.4 is 4.90 Å². The lowest BCUT2D eigenvalue weighted by atomic mass is 10.1. The van der Waals surface area contributed by atoms with Crippen molar-refractivity contribution in [2.24, 2.45) is 0 Å². The Morgan fingerprint density at radius 1 is 0.926 bits per heavy atom. The van der Waals surface area contributed by atoms with E-state index >= 15 is 0 Å². The van der Waals surface area contributed by atoms with Crippen molar-refractivity contribution in [1.82, 2.24) is 4.98 Å². The molecular weight excluding hydrogens is 340 g/mol. The molecule has 1 saturated heterocycles. The third-order valence-corrected chi connectivity index (χ3v) is 4.76. The monoisotopic (exact) mass is 364 g/mol. The highest BCUT2D eigenvalue weighted by atomic mass is 16.5. The molecule has 0 saturated carbocycles. The maximum absolute atomic E-state index is 10.7. The van der Waals surface area contributed by atoms with Gasteiger partial charge in [0.05, 0.1) is 13.2 Å². The third kappa shape index (κ3) is 4.38. The van der Waals surface area contributed by atoms with E-state index in [-0.39, 0.29) is 0 Å². The summed E-state index contributed by atoms with van der Waals surface area (Å²) in [5.74, 6) is 1.13. The zero-order chi connectivity index (χ0) is 18.5. The summed E-state index contributed by atoms with van der Waals surface area (Å²) in [5, 5.41) is 10.7. The van der Waals surface area contributed by atoms with Gasteiger partial charge in [-0.1, -0.05) is 60.7 Å². The van der Waals surface area contributed by atoms with Gasteiger partial charge >= 0.3 is 0 Å². The molecule has 1 aromatic heterocycles. The summed E-state index contributed by atoms with van der Waals surface area (Å²) in [6.45, 7) is 2.89. The molecular formula is C22H24N2O3. The first-order valence-electron chi connectivity index (χ1n) is 9.38. The minimum absolute atomic E-state index is 0.381. The largest absolute Gasteiger partial charge is 0.422 e. The second kappa shape index (κ2) is 8.37. The fourth-order valence-corrected chi connectivity index (χ4v) is 3.35. The average molecular weight is 364 g/mol. The normalized spacial score (nSPS) is 15.7. The summed E-state index contributed by atoms with van der Waals surface area (Å²) >= 11 is 0. The Labute approximate surface area is 159 Å². The van der Waals surface area contributed by atoms with Crippen LogP contribution in [0.2, 0.25) is 0 Å². The molecule has 0 radical (unpaired) electrons. The van der Waals surface area contributed by atoms with Gasteiger partial charge in [-0.15, -0.1) is 0 Å². The van der Waals surface area contributed by atoms with E-state index in [2.05, 4.69) is 22.0 Å². The summed E-state index contributed by atoms with van der Waals surface area (Å²) in [4.78, 5) is 6.84. The fraction of sp³-hybridized carbons (Fsp3) is 0.318. The van der Waals surface area contributed by atoms with Crippen LogP contribution in [0.25, 0.3) is 0 Å². The number of ether oxygens (including phenoxy) is 1. The summed E-state index contributed by atoms with van der Waals surface area (Å²) in [6.07, 6.45) is 0.390. The number of aromatic nitrogens is 1. The fourth-order valence-electron chi connectivity index (χ4n) is 3.35. The molecule has 1 N–H and O–H groups in total. The molecule has 5 nitrogen and oxygen atoms in total. The van der Waals surface area contributed by atoms with Gasteiger partial charge < -0.3 is 19.2 Å². The minimum Gasteiger partial charge on any atom is -0.422 e. The number of aliphatic hydroxyl groups excluding tert-OH is 1. The van der Waals surface area contributed by atoms with Gasteiger partial charge in [-0.3, -0.25) is 0 Å². The summed E-state index contributed by atoms with van der Waals surface area (Å²) in [7, 11) is 0. The van der Waals surface area contributed by atoms with Crippen LogP contribution in [-0.4, -0.2) is 36.4 Å². The number of hydrogen-bond acceptors (Lipinski definition) is 5. The van der Waals surface area contributed by atoms with E-state index in [9.17, 15) is 5.11 Å². The molecule has 1 aliphatic rings. The number of rotatable bonds is 6. The number of hydrogen-bond donors (Lipinski definition) is 1. The lowest BCUT2D eigenvalue weighted by Gasteiger charge is -2.26. The Balaban J connectivity index is 1.60. The molecule has 4 rings (SSSR count). The molecule has 1 atom stereocenters. The zero-order valence-corrected chi connectivity index (χ0v) is 15.3. The van der Waals surface area contributed by atoms with Crippen LogP contribution in [0, 0.1) is 0 Å². The maximum Gasteiger partial charge on any atom is 0.226 e. The molecule has 1 fully saturated rings. The van der Waals surface area contributed by atoms with Crippen molar-refractivity contribution < 1.29 is 14.3 Å². The SMILES string of the molecule is OC(Cc1ccccc1)c1nc(Cc2ccccc2)c(N2CCOCC2)o1. The van der Waals surface area contributed by atoms with Crippen LogP contribution >= 0.6 is 0 Å². The number of benzene rings is 2. The van der Waals surface area contributed by atoms with Crippen molar-refractivity contribution in [2.75, 3.05) is 31.2 Å². The summed E-state index contributed by atoms with van der Waals surface area (Å²) < 4.78 is 11.5. The molecule has 3 aromatic rings. The first kappa shape index (κ1) is 17.8. The van der Waals surface area contributed by atoms with E-state index in [1.165, 1.54) is 5.56 Å². The van der Waals surface area contributed by atoms with E-state index in [0.29, 0.717) is 31.9 Å². The topological polar surface area (TPSA) is 58.7 Å². The Morgan fingerprint density at radius 3 is 2.22 bits per heavy atom. The van der Waals surface area contributed by atoms with Crippen molar-refractivity contribution in [3.05, 3.63) is 83.4 Å². The highest BCUT2D eigenvalue weighted by Crippen LogP contribution is 2.29. The Morgan fingerprint density at radius 2 is 1.56 bits per heavy atom. The van der Waals surface area contributed by atoms with Crippen LogP contribution in [0.15, 0.2) is 65.1 Å². The van der Waals surface area contributed by atoms with E-state index in [1.54, 1.807) is 0 Å². The van der Waals surface area contributed by atoms with E-state index < -0.39 is 6.10 Å². The number of morpholine rings is 1. The van der Waals surface area contributed by atoms with Crippen molar-refractivity contribution in [3.8, 4) is 0 Å². The Kier molecular flexibility index (Phi) is 5.51. The quantitative estimate of drug-likeness (QED) is 0.727. The predicted molar refractivity (Wildman–Crippen MR) is 104 cm³/mol. The van der Waals surface area contributed by atoms with E-state index in [1.807, 2.05) is 48.5 Å². The smallest absolute Gasteiger partial charge is 0.226 e. The predicted octanol–water partition coefficient (Wildman–Crippen LogP) is 3.38. The van der Waals surface area contributed by atoms with Gasteiger partial charge in [0.25, 0.3) is 0 Å². The number of oxazole rings is 1. The molecule has 2 heterocycles. The molecule has 2 aromatic carbocycles. The first-order chi connectivity index (χ1) is 13.3. The first-order valence-corrected chi connectivity index (χ1v) is 9.38. The number of anilines is 1. The van der Waals surface area contributed by atoms with Crippen LogP contribution in [0.4, 0.5) is 5.88 Å². The van der Waals surface area contributed by atoms with Gasteiger partial charge in [0, 0.05) is 25.9 Å². The van der Waals surface area contributed by atoms with Crippen LogP contribution in [0.5, 0.6) is 0 Å². The molecule has 140 valence electrons. The Bertz CT molecular complexity index is 843. The van der Waals surface area contributed by atoms with Crippen molar-refractivity contribution in [1.29, 1.82) is 0 Å². The van der Waals surface area contributed by atoms with Crippen LogP contribution in [0.1, 0.15) is 28.8 Å². The summed E-state index contributed by atoms with van der Waals surface area (Å²) in [5.41, 5.74) is 3.09. The van der Waals surface area contributed by atoms with Gasteiger partial charge in [-0.25, -0.2) is 4.98 Å². The van der Waals surface area contributed by atoms with Gasteiger partial charge in [-0.05, 0) is 11.1 Å². The number of nitrogens with zero attached hydrogens (tertiary/aromatic N) is 2. The highest BCUT2D eigenvalue weighted by molar-refractivity contribution is 5.44. The van der Waals surface area contributed by atoms with Crippen molar-refractivity contribution in [3.63, 3.8) is 0 Å². The summed E-state index contributed by atoms with van der Waals surface area (Å²) in [6, 6.07) is 20.1. The van der Waals surface area contributed by atoms with Crippen molar-refractivity contribution in [2.45, 2.75) is 18.9 Å². The van der Waals surface area contributed by atoms with Crippen LogP contribution in [0.3, 0.4) is 0 Å². The molecule has 5 heteroatoms. The lowest BCUT2D eigenvalue weighted by molar-refractivity contribution is 0.118. The third-order valence-electron chi connectivity index (χ3n) is 4.76. The molecule has 0 amide bonds. The maximum atomic E-state index is 10.7. The highest BCUT2D eigenvalue weighted by Gasteiger charge is 2.24. The van der Waals surface area contributed by atoms with Gasteiger partial charge in [0.1, 0.15) is 11.8 Å². The second-order valence-electron chi connectivity index (χ2n) is 6.77. The van der Waals surface area contributed by atoms with E-state index in [0.717, 1.165) is 30.2 Å². The van der Waals surface area contributed by atoms with Gasteiger partial charge in [0.2, 0.25) is 11.8 Å². The molecule has 27 heavy (non-hydrogen) atoms. The zero-order valence-electron chi connectivity index (χ0n) is 15.3. The van der Waals surface area contributed by atoms with Crippen molar-refractivity contribution >= 4 is 5.88 Å². The van der Waals surface area contributed by atoms with Gasteiger partial charge in [0.15, 0.2) is 0 Å². The number of aliphatic hydroxyl groups is 1. The molecule has 0 bridgehead atoms. The lowest BCUT2D eigenvalue weighted by Crippen LogP contribution is -2.36. The van der Waals surface area contributed by atoms with Crippen LogP contribution in [-0.2, 0) is 17.6 Å². The molecule has 0 spiro atoms. The second-order valence-corrected chi connectivity index (χ2v) is 6.77. The average Bonchev–Trinajstić information content (AvgIpc) is 3.14. The molecule has 1 aliphatic heterocycles. The van der Waals surface area contributed by atoms with E-state index in [4.69, 9.17) is 9.15 Å². The molecule has 1 unspecified atom stereocenters. The Hall–Kier alpha value is -2.63. The molecule has 0 aliphatic carbocycles.